The van der Waals surface area contributed by atoms with Crippen molar-refractivity contribution in [2.24, 2.45) is 5.84 Å². The van der Waals surface area contributed by atoms with Gasteiger partial charge in [0, 0.05) is 11.8 Å². The van der Waals surface area contributed by atoms with E-state index in [0.717, 1.165) is 16.6 Å². The molecule has 3 rings (SSSR count). The number of H-pyrrole nitrogens is 1. The minimum atomic E-state index is 0.293. The molecule has 4 N–H and O–H groups in total. The number of rotatable bonds is 3. The molecule has 0 aliphatic rings. The third-order valence-electron chi connectivity index (χ3n) is 2.58. The Labute approximate surface area is 108 Å². The lowest BCUT2D eigenvalue weighted by atomic mass is 10.2. The molecule has 0 spiro atoms. The summed E-state index contributed by atoms with van der Waals surface area (Å²) in [5.41, 5.74) is 4.07. The SMILES string of the molecule is Cc1cc(Oc2nc(NN)nc3ccccc23)n[nH]1. The molecule has 0 bridgehead atoms. The Morgan fingerprint density at radius 2 is 2.11 bits per heavy atom. The summed E-state index contributed by atoms with van der Waals surface area (Å²) in [6.45, 7) is 1.89. The molecule has 2 aromatic heterocycles. The predicted molar refractivity (Wildman–Crippen MR) is 70.7 cm³/mol. The van der Waals surface area contributed by atoms with Crippen molar-refractivity contribution >= 4 is 16.9 Å². The third kappa shape index (κ3) is 2.18. The molecule has 0 fully saturated rings. The number of hydrazine groups is 1. The van der Waals surface area contributed by atoms with Gasteiger partial charge in [0.15, 0.2) is 0 Å². The second-order valence-corrected chi connectivity index (χ2v) is 4.01. The number of benzene rings is 1. The second-order valence-electron chi connectivity index (χ2n) is 4.01. The smallest absolute Gasteiger partial charge is 0.241 e. The molecule has 7 heteroatoms. The maximum Gasteiger partial charge on any atom is 0.241 e. The molecule has 19 heavy (non-hydrogen) atoms. The summed E-state index contributed by atoms with van der Waals surface area (Å²) in [5, 5.41) is 7.61. The van der Waals surface area contributed by atoms with Gasteiger partial charge in [-0.3, -0.25) is 10.5 Å². The van der Waals surface area contributed by atoms with Gasteiger partial charge in [-0.05, 0) is 19.1 Å². The zero-order chi connectivity index (χ0) is 13.2. The first-order valence-electron chi connectivity index (χ1n) is 5.69. The highest BCUT2D eigenvalue weighted by Gasteiger charge is 2.10. The first kappa shape index (κ1) is 11.4. The van der Waals surface area contributed by atoms with E-state index in [1.165, 1.54) is 0 Å². The van der Waals surface area contributed by atoms with Gasteiger partial charge in [0.05, 0.1) is 10.9 Å². The van der Waals surface area contributed by atoms with Crippen molar-refractivity contribution in [1.29, 1.82) is 0 Å². The number of nitrogen functional groups attached to an aromatic ring is 1. The Bertz CT molecular complexity index is 723. The van der Waals surface area contributed by atoms with Crippen LogP contribution in [-0.4, -0.2) is 20.2 Å². The molecule has 0 atom stereocenters. The van der Waals surface area contributed by atoms with Gasteiger partial charge >= 0.3 is 0 Å². The molecular weight excluding hydrogens is 244 g/mol. The van der Waals surface area contributed by atoms with Crippen molar-refractivity contribution in [3.63, 3.8) is 0 Å². The lowest BCUT2D eigenvalue weighted by molar-refractivity contribution is 0.449. The zero-order valence-corrected chi connectivity index (χ0v) is 10.2. The molecule has 2 heterocycles. The molecule has 0 aliphatic carbocycles. The average Bonchev–Trinajstić information content (AvgIpc) is 2.84. The Balaban J connectivity index is 2.10. The van der Waals surface area contributed by atoms with E-state index in [0.29, 0.717) is 17.7 Å². The lowest BCUT2D eigenvalue weighted by Gasteiger charge is -2.07. The van der Waals surface area contributed by atoms with Crippen LogP contribution >= 0.6 is 0 Å². The van der Waals surface area contributed by atoms with Crippen LogP contribution in [0.25, 0.3) is 10.9 Å². The minimum Gasteiger partial charge on any atom is -0.418 e. The molecule has 0 aliphatic heterocycles. The Hall–Kier alpha value is -2.67. The number of nitrogens with one attached hydrogen (secondary N) is 2. The van der Waals surface area contributed by atoms with E-state index in [4.69, 9.17) is 10.6 Å². The first-order chi connectivity index (χ1) is 9.26. The number of ether oxygens (including phenoxy) is 1. The predicted octanol–water partition coefficient (Wildman–Crippen LogP) is 1.74. The van der Waals surface area contributed by atoms with E-state index < -0.39 is 0 Å². The molecule has 96 valence electrons. The third-order valence-corrected chi connectivity index (χ3v) is 2.58. The van der Waals surface area contributed by atoms with Crippen molar-refractivity contribution in [3.8, 4) is 11.8 Å². The highest BCUT2D eigenvalue weighted by molar-refractivity contribution is 5.84. The largest absolute Gasteiger partial charge is 0.418 e. The van der Waals surface area contributed by atoms with Crippen LogP contribution in [0.15, 0.2) is 30.3 Å². The van der Waals surface area contributed by atoms with Gasteiger partial charge in [0.25, 0.3) is 0 Å². The fraction of sp³-hybridized carbons (Fsp3) is 0.0833. The van der Waals surface area contributed by atoms with Crippen molar-refractivity contribution in [2.75, 3.05) is 5.43 Å². The Morgan fingerprint density at radius 1 is 1.26 bits per heavy atom. The first-order valence-corrected chi connectivity index (χ1v) is 5.69. The van der Waals surface area contributed by atoms with Gasteiger partial charge in [0.2, 0.25) is 17.7 Å². The van der Waals surface area contributed by atoms with Gasteiger partial charge in [-0.15, -0.1) is 5.10 Å². The van der Waals surface area contributed by atoms with Crippen LogP contribution in [-0.2, 0) is 0 Å². The average molecular weight is 256 g/mol. The van der Waals surface area contributed by atoms with Crippen molar-refractivity contribution in [2.45, 2.75) is 6.92 Å². The molecule has 1 aromatic carbocycles. The number of nitrogens with two attached hydrogens (primary N) is 1. The van der Waals surface area contributed by atoms with Gasteiger partial charge in [0.1, 0.15) is 0 Å². The fourth-order valence-corrected chi connectivity index (χ4v) is 1.73. The van der Waals surface area contributed by atoms with E-state index in [-0.39, 0.29) is 0 Å². The molecule has 0 unspecified atom stereocenters. The van der Waals surface area contributed by atoms with Crippen LogP contribution < -0.4 is 16.0 Å². The van der Waals surface area contributed by atoms with Crippen molar-refractivity contribution < 1.29 is 4.74 Å². The highest BCUT2D eigenvalue weighted by Crippen LogP contribution is 2.27. The standard InChI is InChI=1S/C12H12N6O/c1-7-6-10(18-17-7)19-11-8-4-2-3-5-9(8)14-12(15-11)16-13/h2-6H,13H2,1H3,(H,17,18)(H,14,15,16). The van der Waals surface area contributed by atoms with E-state index in [2.05, 4.69) is 25.6 Å². The van der Waals surface area contributed by atoms with Gasteiger partial charge in [-0.2, -0.15) is 4.98 Å². The monoisotopic (exact) mass is 256 g/mol. The number of aryl methyl sites for hydroxylation is 1. The van der Waals surface area contributed by atoms with Crippen LogP contribution in [0.4, 0.5) is 5.95 Å². The van der Waals surface area contributed by atoms with Crippen molar-refractivity contribution in [3.05, 3.63) is 36.0 Å². The van der Waals surface area contributed by atoms with E-state index in [1.54, 1.807) is 6.07 Å². The minimum absolute atomic E-state index is 0.293. The molecule has 3 aromatic rings. The topological polar surface area (TPSA) is 102 Å². The maximum atomic E-state index is 5.67. The number of hydrogen-bond acceptors (Lipinski definition) is 6. The molecule has 0 saturated heterocycles. The summed E-state index contributed by atoms with van der Waals surface area (Å²) >= 11 is 0. The quantitative estimate of drug-likeness (QED) is 0.487. The highest BCUT2D eigenvalue weighted by atomic mass is 16.5. The number of aromatic nitrogens is 4. The Kier molecular flexibility index (Phi) is 2.73. The number of aromatic amines is 1. The van der Waals surface area contributed by atoms with E-state index >= 15 is 0 Å². The summed E-state index contributed by atoms with van der Waals surface area (Å²) < 4.78 is 5.67. The second kappa shape index (κ2) is 4.54. The van der Waals surface area contributed by atoms with Crippen molar-refractivity contribution in [1.82, 2.24) is 20.2 Å². The molecule has 0 amide bonds. The molecule has 0 saturated carbocycles. The van der Waals surface area contributed by atoms with E-state index in [9.17, 15) is 0 Å². The van der Waals surface area contributed by atoms with Crippen LogP contribution in [0.3, 0.4) is 0 Å². The number of hydrogen-bond donors (Lipinski definition) is 3. The van der Waals surface area contributed by atoms with Gasteiger partial charge in [-0.1, -0.05) is 12.1 Å². The van der Waals surface area contributed by atoms with Gasteiger partial charge in [-0.25, -0.2) is 10.8 Å². The Morgan fingerprint density at radius 3 is 2.84 bits per heavy atom. The summed E-state index contributed by atoms with van der Waals surface area (Å²) in [5.74, 6) is 6.50. The van der Waals surface area contributed by atoms with Crippen LogP contribution in [0.1, 0.15) is 5.69 Å². The lowest BCUT2D eigenvalue weighted by Crippen LogP contribution is -2.11. The van der Waals surface area contributed by atoms with Gasteiger partial charge < -0.3 is 4.74 Å². The molecular formula is C12H12N6O. The number of nitrogens with zero attached hydrogens (tertiary/aromatic N) is 3. The summed E-state index contributed by atoms with van der Waals surface area (Å²) in [6.07, 6.45) is 0. The normalized spacial score (nSPS) is 10.6. The van der Waals surface area contributed by atoms with Crippen LogP contribution in [0, 0.1) is 6.92 Å². The zero-order valence-electron chi connectivity index (χ0n) is 10.2. The fourth-order valence-electron chi connectivity index (χ4n) is 1.73. The summed E-state index contributed by atoms with van der Waals surface area (Å²) in [4.78, 5) is 8.45. The summed E-state index contributed by atoms with van der Waals surface area (Å²) in [6, 6.07) is 9.30. The van der Waals surface area contributed by atoms with Crippen LogP contribution in [0.5, 0.6) is 11.8 Å². The van der Waals surface area contributed by atoms with Crippen LogP contribution in [0.2, 0.25) is 0 Å². The summed E-state index contributed by atoms with van der Waals surface area (Å²) in [7, 11) is 0. The number of anilines is 1. The number of para-hydroxylation sites is 1. The number of fused-ring (bicyclic) bond motifs is 1. The van der Waals surface area contributed by atoms with E-state index in [1.807, 2.05) is 31.2 Å². The molecule has 7 nitrogen and oxygen atoms in total. The maximum absolute atomic E-state index is 5.67. The molecule has 0 radical (unpaired) electrons.